The van der Waals surface area contributed by atoms with Gasteiger partial charge in [0.15, 0.2) is 5.78 Å². The summed E-state index contributed by atoms with van der Waals surface area (Å²) in [4.78, 5) is 11.2. The summed E-state index contributed by atoms with van der Waals surface area (Å²) in [6, 6.07) is 0. The Morgan fingerprint density at radius 2 is 2.20 bits per heavy atom. The van der Waals surface area contributed by atoms with Crippen molar-refractivity contribution < 1.29 is 4.79 Å². The number of halogens is 1. The Morgan fingerprint density at radius 1 is 1.60 bits per heavy atom. The van der Waals surface area contributed by atoms with Crippen LogP contribution in [0.2, 0.25) is 0 Å². The molecule has 0 bridgehead atoms. The van der Waals surface area contributed by atoms with Crippen molar-refractivity contribution in [3.63, 3.8) is 0 Å². The molecule has 58 valence electrons. The molecule has 1 rings (SSSR count). The van der Waals surface area contributed by atoms with E-state index in [0.29, 0.717) is 21.9 Å². The van der Waals surface area contributed by atoms with Gasteiger partial charge in [0.1, 0.15) is 10.1 Å². The smallest absolute Gasteiger partial charge is 0.151 e. The molecule has 0 spiro atoms. The molecule has 0 aromatic carbocycles. The molecule has 1 nitrogen and oxygen atoms in total. The lowest BCUT2D eigenvalue weighted by Crippen LogP contribution is -2.26. The summed E-state index contributed by atoms with van der Waals surface area (Å²) >= 11 is 3.43. The molecule has 1 saturated carbocycles. The summed E-state index contributed by atoms with van der Waals surface area (Å²) in [5.41, 5.74) is 0. The van der Waals surface area contributed by atoms with Crippen molar-refractivity contribution in [1.29, 1.82) is 0 Å². The van der Waals surface area contributed by atoms with Gasteiger partial charge in [0.25, 0.3) is 0 Å². The molecular formula is C7H12BrOS+. The van der Waals surface area contributed by atoms with Gasteiger partial charge in [-0.15, -0.1) is 0 Å². The van der Waals surface area contributed by atoms with E-state index in [9.17, 15) is 4.79 Å². The largest absolute Gasteiger partial charge is 0.298 e. The third-order valence-electron chi connectivity index (χ3n) is 1.91. The van der Waals surface area contributed by atoms with Crippen molar-refractivity contribution in [2.24, 2.45) is 0 Å². The monoisotopic (exact) mass is 223 g/mol. The first kappa shape index (κ1) is 8.60. The normalized spacial score (nSPS) is 33.8. The quantitative estimate of drug-likeness (QED) is 0.485. The minimum atomic E-state index is 0.158. The van der Waals surface area contributed by atoms with Crippen LogP contribution in [-0.2, 0) is 15.7 Å². The second kappa shape index (κ2) is 3.26. The van der Waals surface area contributed by atoms with Crippen LogP contribution >= 0.6 is 15.9 Å². The Kier molecular flexibility index (Phi) is 2.81. The third kappa shape index (κ3) is 1.56. The summed E-state index contributed by atoms with van der Waals surface area (Å²) in [6.45, 7) is 0. The molecule has 0 N–H and O–H groups in total. The van der Waals surface area contributed by atoms with Gasteiger partial charge in [0.05, 0.1) is 12.5 Å². The van der Waals surface area contributed by atoms with Gasteiger partial charge in [-0.25, -0.2) is 0 Å². The van der Waals surface area contributed by atoms with E-state index < -0.39 is 0 Å². The second-order valence-corrected chi connectivity index (χ2v) is 6.18. The maximum absolute atomic E-state index is 11.0. The summed E-state index contributed by atoms with van der Waals surface area (Å²) in [5, 5.41) is 0.604. The number of hydrogen-bond acceptors (Lipinski definition) is 1. The molecule has 0 aromatic rings. The number of ketones is 1. The standard InChI is InChI=1S/C7H12BrOS/c1-10(2)6-4-3-5(9)7(6)8/h6-7H,3-4H2,1-2H3/q+1. The van der Waals surface area contributed by atoms with Gasteiger partial charge in [-0.2, -0.15) is 0 Å². The highest BCUT2D eigenvalue weighted by molar-refractivity contribution is 9.10. The van der Waals surface area contributed by atoms with Crippen molar-refractivity contribution in [1.82, 2.24) is 0 Å². The first-order chi connectivity index (χ1) is 4.63. The molecule has 1 aliphatic carbocycles. The van der Waals surface area contributed by atoms with Crippen molar-refractivity contribution >= 4 is 32.6 Å². The number of carbonyl (C=O) groups excluding carboxylic acids is 1. The zero-order valence-electron chi connectivity index (χ0n) is 6.26. The van der Waals surface area contributed by atoms with Crippen LogP contribution in [0.4, 0.5) is 0 Å². The fourth-order valence-corrected chi connectivity index (χ4v) is 4.26. The molecule has 1 fully saturated rings. The Hall–Kier alpha value is 0.500. The highest BCUT2D eigenvalue weighted by Gasteiger charge is 2.40. The van der Waals surface area contributed by atoms with E-state index in [-0.39, 0.29) is 4.83 Å². The topological polar surface area (TPSA) is 17.1 Å². The van der Waals surface area contributed by atoms with Gasteiger partial charge in [-0.3, -0.25) is 4.79 Å². The molecular weight excluding hydrogens is 212 g/mol. The van der Waals surface area contributed by atoms with E-state index in [2.05, 4.69) is 28.4 Å². The van der Waals surface area contributed by atoms with Crippen molar-refractivity contribution in [2.75, 3.05) is 12.5 Å². The van der Waals surface area contributed by atoms with Crippen LogP contribution in [0.5, 0.6) is 0 Å². The molecule has 0 saturated heterocycles. The van der Waals surface area contributed by atoms with Gasteiger partial charge >= 0.3 is 0 Å². The van der Waals surface area contributed by atoms with E-state index in [0.717, 1.165) is 12.8 Å². The molecule has 0 amide bonds. The van der Waals surface area contributed by atoms with E-state index in [4.69, 9.17) is 0 Å². The summed E-state index contributed by atoms with van der Waals surface area (Å²) in [7, 11) is 0.391. The van der Waals surface area contributed by atoms with E-state index >= 15 is 0 Å². The minimum absolute atomic E-state index is 0.158. The van der Waals surface area contributed by atoms with E-state index in [1.165, 1.54) is 0 Å². The van der Waals surface area contributed by atoms with Crippen LogP contribution in [-0.4, -0.2) is 28.4 Å². The minimum Gasteiger partial charge on any atom is -0.298 e. The summed E-state index contributed by atoms with van der Waals surface area (Å²) in [5.74, 6) is 0.395. The maximum Gasteiger partial charge on any atom is 0.151 e. The lowest BCUT2D eigenvalue weighted by Gasteiger charge is -2.07. The molecule has 0 heterocycles. The molecule has 3 heteroatoms. The zero-order chi connectivity index (χ0) is 7.72. The van der Waals surface area contributed by atoms with Crippen molar-refractivity contribution in [3.05, 3.63) is 0 Å². The van der Waals surface area contributed by atoms with E-state index in [1.54, 1.807) is 0 Å². The second-order valence-electron chi connectivity index (χ2n) is 2.82. The Bertz CT molecular complexity index is 147. The lowest BCUT2D eigenvalue weighted by atomic mass is 10.3. The van der Waals surface area contributed by atoms with Crippen LogP contribution in [0.15, 0.2) is 0 Å². The predicted molar refractivity (Wildman–Crippen MR) is 50.0 cm³/mol. The number of hydrogen-bond donors (Lipinski definition) is 0. The molecule has 1 aliphatic rings. The number of Topliss-reactive ketones (excluding diaryl/α,β-unsaturated/α-hetero) is 1. The Balaban J connectivity index is 2.57. The summed E-state index contributed by atoms with van der Waals surface area (Å²) in [6.07, 6.45) is 6.28. The van der Waals surface area contributed by atoms with E-state index in [1.807, 2.05) is 0 Å². The molecule has 2 unspecified atom stereocenters. The van der Waals surface area contributed by atoms with Gasteiger partial charge in [0, 0.05) is 12.8 Å². The third-order valence-corrected chi connectivity index (χ3v) is 5.13. The highest BCUT2D eigenvalue weighted by atomic mass is 79.9. The molecule has 0 radical (unpaired) electrons. The number of carbonyl (C=O) groups is 1. The highest BCUT2D eigenvalue weighted by Crippen LogP contribution is 2.27. The maximum atomic E-state index is 11.0. The fraction of sp³-hybridized carbons (Fsp3) is 0.857. The SMILES string of the molecule is C[S+](C)C1CCC(=O)C1Br. The summed E-state index contributed by atoms with van der Waals surface area (Å²) < 4.78 is 0. The molecule has 0 aliphatic heterocycles. The van der Waals surface area contributed by atoms with Crippen molar-refractivity contribution in [3.8, 4) is 0 Å². The first-order valence-corrected chi connectivity index (χ1v) is 6.38. The lowest BCUT2D eigenvalue weighted by molar-refractivity contribution is -0.116. The average molecular weight is 224 g/mol. The molecule has 10 heavy (non-hydrogen) atoms. The first-order valence-electron chi connectivity index (χ1n) is 3.36. The van der Waals surface area contributed by atoms with Gasteiger partial charge < -0.3 is 0 Å². The van der Waals surface area contributed by atoms with Gasteiger partial charge in [0.2, 0.25) is 0 Å². The van der Waals surface area contributed by atoms with Crippen LogP contribution in [0.25, 0.3) is 0 Å². The predicted octanol–water partition coefficient (Wildman–Crippen LogP) is 1.36. The average Bonchev–Trinajstić information content (AvgIpc) is 2.14. The van der Waals surface area contributed by atoms with Crippen LogP contribution in [0.3, 0.4) is 0 Å². The van der Waals surface area contributed by atoms with Crippen LogP contribution in [0.1, 0.15) is 12.8 Å². The van der Waals surface area contributed by atoms with Gasteiger partial charge in [-0.05, 0) is 10.9 Å². The van der Waals surface area contributed by atoms with Crippen molar-refractivity contribution in [2.45, 2.75) is 22.9 Å². The molecule has 2 atom stereocenters. The van der Waals surface area contributed by atoms with Crippen LogP contribution < -0.4 is 0 Å². The number of rotatable bonds is 1. The number of alkyl halides is 1. The van der Waals surface area contributed by atoms with Crippen LogP contribution in [0, 0.1) is 0 Å². The molecule has 0 aromatic heterocycles. The fourth-order valence-electron chi connectivity index (χ4n) is 1.25. The van der Waals surface area contributed by atoms with Gasteiger partial charge in [-0.1, -0.05) is 15.9 Å². The zero-order valence-corrected chi connectivity index (χ0v) is 8.67. The Labute approximate surface area is 73.0 Å². The Morgan fingerprint density at radius 3 is 2.40 bits per heavy atom.